The maximum Gasteiger partial charge on any atom is 0.274 e. The van der Waals surface area contributed by atoms with Crippen molar-refractivity contribution in [2.45, 2.75) is 20.8 Å². The largest absolute Gasteiger partial charge is 0.319 e. The van der Waals surface area contributed by atoms with Gasteiger partial charge in [0.15, 0.2) is 0 Å². The molecule has 0 amide bonds. The molecule has 0 fully saturated rings. The molecule has 0 spiro atoms. The summed E-state index contributed by atoms with van der Waals surface area (Å²) in [7, 11) is 0. The van der Waals surface area contributed by atoms with E-state index < -0.39 is 0 Å². The molecule has 0 bridgehead atoms. The van der Waals surface area contributed by atoms with Gasteiger partial charge in [-0.25, -0.2) is 9.67 Å². The van der Waals surface area contributed by atoms with Crippen molar-refractivity contribution >= 4 is 34.8 Å². The second-order valence-corrected chi connectivity index (χ2v) is 7.15. The summed E-state index contributed by atoms with van der Waals surface area (Å²) in [5, 5.41) is 5.09. The fourth-order valence-electron chi connectivity index (χ4n) is 3.13. The molecule has 0 unspecified atom stereocenters. The summed E-state index contributed by atoms with van der Waals surface area (Å²) < 4.78 is 1.73. The van der Waals surface area contributed by atoms with Gasteiger partial charge < -0.3 is 4.98 Å². The predicted molar refractivity (Wildman–Crippen MR) is 114 cm³/mol. The summed E-state index contributed by atoms with van der Waals surface area (Å²) in [6.07, 6.45) is 3.47. The average molecular weight is 391 g/mol. The number of aromatic amines is 1. The van der Waals surface area contributed by atoms with Crippen LogP contribution in [-0.2, 0) is 0 Å². The van der Waals surface area contributed by atoms with Gasteiger partial charge in [0.1, 0.15) is 10.8 Å². The Labute approximate surface area is 167 Å². The van der Waals surface area contributed by atoms with Crippen LogP contribution in [0, 0.1) is 20.8 Å². The molecule has 0 atom stereocenters. The second kappa shape index (κ2) is 7.09. The number of benzene rings is 2. The molecule has 0 saturated carbocycles. The van der Waals surface area contributed by atoms with E-state index in [1.165, 1.54) is 0 Å². The summed E-state index contributed by atoms with van der Waals surface area (Å²) in [5.41, 5.74) is 6.22. The number of nitrogens with one attached hydrogen (secondary N) is 1. The quantitative estimate of drug-likeness (QED) is 0.543. The molecule has 0 aliphatic rings. The lowest BCUT2D eigenvalue weighted by Gasteiger charge is -2.08. The van der Waals surface area contributed by atoms with Gasteiger partial charge in [-0.05, 0) is 62.2 Å². The van der Waals surface area contributed by atoms with Gasteiger partial charge in [-0.1, -0.05) is 35.9 Å². The van der Waals surface area contributed by atoms with Gasteiger partial charge in [-0.15, -0.1) is 0 Å². The van der Waals surface area contributed by atoms with Crippen molar-refractivity contribution < 1.29 is 0 Å². The van der Waals surface area contributed by atoms with Crippen LogP contribution in [-0.4, -0.2) is 19.7 Å². The number of halogens is 1. The topological polar surface area (TPSA) is 63.6 Å². The summed E-state index contributed by atoms with van der Waals surface area (Å²) in [4.78, 5) is 19.6. The predicted octanol–water partition coefficient (Wildman–Crippen LogP) is 4.86. The zero-order valence-corrected chi connectivity index (χ0v) is 16.6. The molecular weight excluding hydrogens is 372 g/mol. The van der Waals surface area contributed by atoms with E-state index in [0.717, 1.165) is 33.6 Å². The van der Waals surface area contributed by atoms with Crippen molar-refractivity contribution in [3.63, 3.8) is 0 Å². The van der Waals surface area contributed by atoms with Crippen LogP contribution in [0.3, 0.4) is 0 Å². The lowest BCUT2D eigenvalue weighted by atomic mass is 10.1. The first-order valence-corrected chi connectivity index (χ1v) is 9.32. The Morgan fingerprint density at radius 2 is 1.86 bits per heavy atom. The minimum absolute atomic E-state index is 0.245. The summed E-state index contributed by atoms with van der Waals surface area (Å²) in [6.45, 7) is 5.95. The third-order valence-corrected chi connectivity index (χ3v) is 5.04. The van der Waals surface area contributed by atoms with Crippen molar-refractivity contribution in [2.75, 3.05) is 0 Å². The van der Waals surface area contributed by atoms with E-state index in [9.17, 15) is 4.79 Å². The number of aryl methyl sites for hydroxylation is 3. The fourth-order valence-corrected chi connectivity index (χ4v) is 3.46. The molecule has 1 N–H and O–H groups in total. The zero-order valence-electron chi connectivity index (χ0n) is 15.8. The minimum atomic E-state index is -0.245. The Balaban J connectivity index is 1.77. The molecule has 140 valence electrons. The number of fused-ring (bicyclic) bond motifs is 1. The van der Waals surface area contributed by atoms with E-state index in [1.54, 1.807) is 16.8 Å². The third kappa shape index (κ3) is 3.25. The molecule has 0 saturated heterocycles. The zero-order chi connectivity index (χ0) is 19.8. The Kier molecular flexibility index (Phi) is 4.61. The number of para-hydroxylation sites is 2. The van der Waals surface area contributed by atoms with Gasteiger partial charge >= 0.3 is 0 Å². The first kappa shape index (κ1) is 18.2. The van der Waals surface area contributed by atoms with Gasteiger partial charge in [0.25, 0.3) is 5.56 Å². The smallest absolute Gasteiger partial charge is 0.274 e. The monoisotopic (exact) mass is 390 g/mol. The highest BCUT2D eigenvalue weighted by Crippen LogP contribution is 2.27. The van der Waals surface area contributed by atoms with E-state index in [2.05, 4.69) is 27.2 Å². The normalized spacial score (nSPS) is 11.6. The van der Waals surface area contributed by atoms with Crippen LogP contribution in [0.1, 0.15) is 28.1 Å². The van der Waals surface area contributed by atoms with Gasteiger partial charge in [0.2, 0.25) is 0 Å². The minimum Gasteiger partial charge on any atom is -0.319 e. The molecule has 0 radical (unpaired) electrons. The maximum atomic E-state index is 12.3. The molecule has 5 nitrogen and oxygen atoms in total. The molecule has 2 heterocycles. The van der Waals surface area contributed by atoms with Crippen LogP contribution in [0.2, 0.25) is 5.15 Å². The van der Waals surface area contributed by atoms with Crippen molar-refractivity contribution in [3.8, 4) is 5.69 Å². The fraction of sp³-hybridized carbons (Fsp3) is 0.136. The van der Waals surface area contributed by atoms with Crippen LogP contribution < -0.4 is 5.56 Å². The average Bonchev–Trinajstić information content (AvgIpc) is 2.96. The van der Waals surface area contributed by atoms with Crippen LogP contribution in [0.15, 0.2) is 47.3 Å². The summed E-state index contributed by atoms with van der Waals surface area (Å²) >= 11 is 6.63. The standard InChI is InChI=1S/C22H19ClN4O/c1-13-8-9-14(2)20(12-13)27-21(23)16(15(3)26-27)10-11-19-22(28)25-18-7-5-4-6-17(18)24-19/h4-12H,1-3H3,(H,25,28)/b11-10+. The third-order valence-electron chi connectivity index (χ3n) is 4.67. The highest BCUT2D eigenvalue weighted by atomic mass is 35.5. The van der Waals surface area contributed by atoms with Crippen molar-refractivity contribution in [1.29, 1.82) is 0 Å². The molecule has 0 aliphatic heterocycles. The Morgan fingerprint density at radius 1 is 1.07 bits per heavy atom. The second-order valence-electron chi connectivity index (χ2n) is 6.79. The molecule has 6 heteroatoms. The Morgan fingerprint density at radius 3 is 2.68 bits per heavy atom. The van der Waals surface area contributed by atoms with Crippen molar-refractivity contribution in [1.82, 2.24) is 19.7 Å². The van der Waals surface area contributed by atoms with E-state index >= 15 is 0 Å². The number of nitrogens with zero attached hydrogens (tertiary/aromatic N) is 3. The van der Waals surface area contributed by atoms with Crippen molar-refractivity contribution in [2.24, 2.45) is 0 Å². The number of hydrogen-bond donors (Lipinski definition) is 1. The van der Waals surface area contributed by atoms with E-state index in [-0.39, 0.29) is 5.56 Å². The Bertz CT molecular complexity index is 1280. The molecular formula is C22H19ClN4O. The first-order chi connectivity index (χ1) is 13.4. The molecule has 28 heavy (non-hydrogen) atoms. The number of aromatic nitrogens is 4. The van der Waals surface area contributed by atoms with Crippen LogP contribution in [0.4, 0.5) is 0 Å². The summed E-state index contributed by atoms with van der Waals surface area (Å²) in [5.74, 6) is 0. The number of H-pyrrole nitrogens is 1. The van der Waals surface area contributed by atoms with Gasteiger partial charge in [0.05, 0.1) is 22.4 Å². The highest BCUT2D eigenvalue weighted by molar-refractivity contribution is 6.31. The van der Waals surface area contributed by atoms with E-state index in [0.29, 0.717) is 16.4 Å². The Hall–Kier alpha value is -3.18. The van der Waals surface area contributed by atoms with Gasteiger partial charge in [-0.3, -0.25) is 4.79 Å². The summed E-state index contributed by atoms with van der Waals surface area (Å²) in [6, 6.07) is 13.6. The molecule has 4 rings (SSSR count). The lowest BCUT2D eigenvalue weighted by molar-refractivity contribution is 0.855. The SMILES string of the molecule is Cc1ccc(C)c(-n2nc(C)c(/C=C/c3nc4ccccc4[nH]c3=O)c2Cl)c1. The number of rotatable bonds is 3. The maximum absolute atomic E-state index is 12.3. The molecule has 2 aromatic carbocycles. The van der Waals surface area contributed by atoms with Crippen molar-refractivity contribution in [3.05, 3.63) is 86.0 Å². The van der Waals surface area contributed by atoms with Gasteiger partial charge in [0, 0.05) is 5.56 Å². The molecule has 4 aromatic rings. The van der Waals surface area contributed by atoms with Gasteiger partial charge in [-0.2, -0.15) is 5.10 Å². The van der Waals surface area contributed by atoms with E-state index in [4.69, 9.17) is 11.6 Å². The van der Waals surface area contributed by atoms with E-state index in [1.807, 2.05) is 51.1 Å². The van der Waals surface area contributed by atoms with Crippen LogP contribution in [0.5, 0.6) is 0 Å². The number of hydrogen-bond acceptors (Lipinski definition) is 3. The molecule has 2 aromatic heterocycles. The van der Waals surface area contributed by atoms with Crippen LogP contribution in [0.25, 0.3) is 28.9 Å². The molecule has 0 aliphatic carbocycles. The first-order valence-electron chi connectivity index (χ1n) is 8.94. The lowest BCUT2D eigenvalue weighted by Crippen LogP contribution is -2.11. The van der Waals surface area contributed by atoms with Crippen LogP contribution >= 0.6 is 11.6 Å². The highest BCUT2D eigenvalue weighted by Gasteiger charge is 2.14.